The fourth-order valence-corrected chi connectivity index (χ4v) is 4.49. The van der Waals surface area contributed by atoms with Gasteiger partial charge < -0.3 is 18.9 Å². The molecule has 37 heavy (non-hydrogen) atoms. The Balaban J connectivity index is 2.34. The van der Waals surface area contributed by atoms with E-state index >= 15 is 0 Å². The molecule has 2 aromatic rings. The standard InChI is InChI=1S/C27H37ClN2O7/c1-9-10-11-35-20-13-18-21(16(14-28)15-29(18)24(32)36-26(2,3)4)17-12-19(23(31)34-8)30(22(17)20)25(33)37-27(5,6)7/h12-13,16H,9-11,14-15H2,1-8H3. The van der Waals surface area contributed by atoms with Gasteiger partial charge in [0.25, 0.3) is 0 Å². The van der Waals surface area contributed by atoms with Crippen molar-refractivity contribution in [1.82, 2.24) is 4.57 Å². The molecule has 1 aliphatic rings. The molecule has 1 aromatic heterocycles. The van der Waals surface area contributed by atoms with Crippen LogP contribution >= 0.6 is 11.6 Å². The number of carbonyl (C=O) groups is 3. The monoisotopic (exact) mass is 536 g/mol. The summed E-state index contributed by atoms with van der Waals surface area (Å²) in [6.45, 7) is 13.3. The third-order valence-electron chi connectivity index (χ3n) is 5.70. The van der Waals surface area contributed by atoms with Gasteiger partial charge in [0.1, 0.15) is 28.2 Å². The van der Waals surface area contributed by atoms with E-state index in [0.717, 1.165) is 18.4 Å². The van der Waals surface area contributed by atoms with Gasteiger partial charge in [-0.25, -0.2) is 19.0 Å². The average Bonchev–Trinajstić information content (AvgIpc) is 3.35. The van der Waals surface area contributed by atoms with Crippen molar-refractivity contribution in [1.29, 1.82) is 0 Å². The molecule has 204 valence electrons. The molecular weight excluding hydrogens is 500 g/mol. The lowest BCUT2D eigenvalue weighted by Gasteiger charge is -2.25. The summed E-state index contributed by atoms with van der Waals surface area (Å²) < 4.78 is 23.6. The number of ether oxygens (including phenoxy) is 4. The normalized spacial score (nSPS) is 15.5. The minimum atomic E-state index is -0.812. The van der Waals surface area contributed by atoms with Crippen molar-refractivity contribution in [2.45, 2.75) is 78.4 Å². The molecule has 0 saturated carbocycles. The van der Waals surface area contributed by atoms with Crippen LogP contribution in [0.4, 0.5) is 15.3 Å². The van der Waals surface area contributed by atoms with Crippen LogP contribution in [0, 0.1) is 0 Å². The number of esters is 1. The highest BCUT2D eigenvalue weighted by Crippen LogP contribution is 2.47. The molecule has 0 bridgehead atoms. The zero-order valence-corrected chi connectivity index (χ0v) is 23.7. The molecule has 1 amide bonds. The van der Waals surface area contributed by atoms with E-state index in [0.29, 0.717) is 28.9 Å². The van der Waals surface area contributed by atoms with Crippen LogP contribution in [0.5, 0.6) is 5.75 Å². The number of unbranched alkanes of at least 4 members (excludes halogenated alkanes) is 1. The molecule has 1 aliphatic heterocycles. The Labute approximate surface area is 222 Å². The van der Waals surface area contributed by atoms with Gasteiger partial charge in [-0.1, -0.05) is 13.3 Å². The smallest absolute Gasteiger partial charge is 0.419 e. The SMILES string of the molecule is CCCCOc1cc2c(c3cc(C(=O)OC)n(C(=O)OC(C)(C)C)c13)C(CCl)CN2C(=O)OC(C)(C)C. The van der Waals surface area contributed by atoms with E-state index in [1.165, 1.54) is 16.6 Å². The molecule has 1 unspecified atom stereocenters. The van der Waals surface area contributed by atoms with Gasteiger partial charge in [-0.15, -0.1) is 11.6 Å². The number of hydrogen-bond acceptors (Lipinski definition) is 7. The molecule has 10 heteroatoms. The first-order valence-electron chi connectivity index (χ1n) is 12.5. The van der Waals surface area contributed by atoms with Gasteiger partial charge in [-0.2, -0.15) is 0 Å². The van der Waals surface area contributed by atoms with Gasteiger partial charge in [-0.05, 0) is 59.6 Å². The van der Waals surface area contributed by atoms with Gasteiger partial charge in [0, 0.05) is 29.8 Å². The van der Waals surface area contributed by atoms with Crippen LogP contribution in [-0.4, -0.2) is 60.1 Å². The van der Waals surface area contributed by atoms with E-state index in [-0.39, 0.29) is 24.0 Å². The number of aromatic nitrogens is 1. The molecule has 0 aliphatic carbocycles. The van der Waals surface area contributed by atoms with E-state index in [1.807, 2.05) is 6.92 Å². The molecule has 3 rings (SSSR count). The van der Waals surface area contributed by atoms with Gasteiger partial charge in [0.2, 0.25) is 0 Å². The Morgan fingerprint density at radius 3 is 2.19 bits per heavy atom. The van der Waals surface area contributed by atoms with Crippen molar-refractivity contribution in [3.63, 3.8) is 0 Å². The quantitative estimate of drug-likeness (QED) is 0.181. The zero-order valence-electron chi connectivity index (χ0n) is 22.9. The van der Waals surface area contributed by atoms with Crippen LogP contribution in [-0.2, 0) is 14.2 Å². The highest BCUT2D eigenvalue weighted by molar-refractivity contribution is 6.19. The highest BCUT2D eigenvalue weighted by Gasteiger charge is 2.39. The van der Waals surface area contributed by atoms with E-state index in [9.17, 15) is 14.4 Å². The Morgan fingerprint density at radius 1 is 1.03 bits per heavy atom. The first-order chi connectivity index (χ1) is 17.2. The van der Waals surface area contributed by atoms with Gasteiger partial charge in [0.15, 0.2) is 0 Å². The molecule has 1 atom stereocenters. The number of fused-ring (bicyclic) bond motifs is 3. The number of amides is 1. The summed E-state index contributed by atoms with van der Waals surface area (Å²) in [6, 6.07) is 3.29. The maximum atomic E-state index is 13.4. The van der Waals surface area contributed by atoms with Crippen LogP contribution in [0.3, 0.4) is 0 Å². The first kappa shape index (κ1) is 28.6. The molecule has 0 saturated heterocycles. The van der Waals surface area contributed by atoms with E-state index in [1.54, 1.807) is 53.7 Å². The number of nitrogens with zero attached hydrogens (tertiary/aromatic N) is 2. The van der Waals surface area contributed by atoms with Crippen molar-refractivity contribution in [2.75, 3.05) is 31.0 Å². The van der Waals surface area contributed by atoms with E-state index < -0.39 is 29.4 Å². The van der Waals surface area contributed by atoms with Crippen LogP contribution < -0.4 is 9.64 Å². The molecule has 1 aromatic carbocycles. The van der Waals surface area contributed by atoms with Gasteiger partial charge in [0.05, 0.1) is 19.4 Å². The highest BCUT2D eigenvalue weighted by atomic mass is 35.5. The van der Waals surface area contributed by atoms with E-state index in [2.05, 4.69) is 0 Å². The second-order valence-electron chi connectivity index (χ2n) is 11.1. The number of rotatable bonds is 6. The minimum Gasteiger partial charge on any atom is -0.491 e. The molecule has 0 N–H and O–H groups in total. The molecule has 0 fully saturated rings. The van der Waals surface area contributed by atoms with Crippen LogP contribution in [0.15, 0.2) is 12.1 Å². The Kier molecular flexibility index (Phi) is 8.37. The summed E-state index contributed by atoms with van der Waals surface area (Å²) in [5.41, 5.74) is 0.143. The number of anilines is 1. The summed E-state index contributed by atoms with van der Waals surface area (Å²) in [7, 11) is 1.24. The predicted octanol–water partition coefficient (Wildman–Crippen LogP) is 6.47. The summed E-state index contributed by atoms with van der Waals surface area (Å²) >= 11 is 6.37. The first-order valence-corrected chi connectivity index (χ1v) is 13.0. The van der Waals surface area contributed by atoms with Gasteiger partial charge >= 0.3 is 18.2 Å². The second kappa shape index (κ2) is 10.8. The molecule has 0 spiro atoms. The Morgan fingerprint density at radius 2 is 1.65 bits per heavy atom. The number of alkyl halides is 1. The molecule has 2 heterocycles. The number of hydrogen-bond donors (Lipinski definition) is 0. The summed E-state index contributed by atoms with van der Waals surface area (Å²) in [5, 5.41) is 0.562. The van der Waals surface area contributed by atoms with E-state index in [4.69, 9.17) is 30.5 Å². The zero-order chi connectivity index (χ0) is 27.7. The molecule has 9 nitrogen and oxygen atoms in total. The lowest BCUT2D eigenvalue weighted by Crippen LogP contribution is -2.36. The molecule has 0 radical (unpaired) electrons. The number of halogens is 1. The fourth-order valence-electron chi connectivity index (χ4n) is 4.23. The summed E-state index contributed by atoms with van der Waals surface area (Å²) in [5.74, 6) is -0.425. The third-order valence-corrected chi connectivity index (χ3v) is 6.07. The lowest BCUT2D eigenvalue weighted by molar-refractivity contribution is 0.0489. The number of methoxy groups -OCH3 is 1. The summed E-state index contributed by atoms with van der Waals surface area (Å²) in [6.07, 6.45) is 0.412. The van der Waals surface area contributed by atoms with Crippen molar-refractivity contribution < 1.29 is 33.3 Å². The second-order valence-corrected chi connectivity index (χ2v) is 11.4. The molecular formula is C27H37ClN2O7. The van der Waals surface area contributed by atoms with Crippen molar-refractivity contribution in [2.24, 2.45) is 0 Å². The topological polar surface area (TPSA) is 96.3 Å². The van der Waals surface area contributed by atoms with Crippen LogP contribution in [0.1, 0.15) is 83.3 Å². The van der Waals surface area contributed by atoms with Crippen molar-refractivity contribution in [3.05, 3.63) is 23.4 Å². The fraction of sp³-hybridized carbons (Fsp3) is 0.593. The van der Waals surface area contributed by atoms with Crippen LogP contribution in [0.2, 0.25) is 0 Å². The maximum absolute atomic E-state index is 13.4. The predicted molar refractivity (Wildman–Crippen MR) is 142 cm³/mol. The third kappa shape index (κ3) is 6.14. The van der Waals surface area contributed by atoms with Gasteiger partial charge in [-0.3, -0.25) is 4.90 Å². The average molecular weight is 537 g/mol. The van der Waals surface area contributed by atoms with Crippen molar-refractivity contribution in [3.8, 4) is 5.75 Å². The largest absolute Gasteiger partial charge is 0.491 e. The van der Waals surface area contributed by atoms with Crippen molar-refractivity contribution >= 4 is 46.3 Å². The lowest BCUT2D eigenvalue weighted by atomic mass is 9.98. The number of carbonyl (C=O) groups excluding carboxylic acids is 3. The minimum absolute atomic E-state index is 0.00969. The van der Waals surface area contributed by atoms with Crippen LogP contribution in [0.25, 0.3) is 10.9 Å². The Hall–Kier alpha value is -2.94. The maximum Gasteiger partial charge on any atom is 0.419 e. The Bertz CT molecular complexity index is 1190. The number of benzene rings is 1. The summed E-state index contributed by atoms with van der Waals surface area (Å²) in [4.78, 5) is 40.9.